The monoisotopic (exact) mass is 350 g/mol. The number of likely N-dealkylation sites (N-methyl/N-ethyl adjacent to an activating group) is 1. The molecule has 0 radical (unpaired) electrons. The van der Waals surface area contributed by atoms with Gasteiger partial charge in [0.15, 0.2) is 5.82 Å². The number of anilines is 2. The SMILES string of the molecule is CCc1noc(CN(CCN(CC)c2ccccc2)c2ccccc2)n1. The Bertz CT molecular complexity index is 773. The first-order valence-electron chi connectivity index (χ1n) is 9.21. The van der Waals surface area contributed by atoms with Crippen LogP contribution < -0.4 is 9.80 Å². The summed E-state index contributed by atoms with van der Waals surface area (Å²) in [5.74, 6) is 1.42. The number of nitrogens with zero attached hydrogens (tertiary/aromatic N) is 4. The van der Waals surface area contributed by atoms with E-state index in [1.165, 1.54) is 5.69 Å². The first-order valence-corrected chi connectivity index (χ1v) is 9.21. The highest BCUT2D eigenvalue weighted by atomic mass is 16.5. The summed E-state index contributed by atoms with van der Waals surface area (Å²) in [6.07, 6.45) is 0.784. The van der Waals surface area contributed by atoms with Crippen LogP contribution in [0.15, 0.2) is 65.2 Å². The molecule has 0 saturated heterocycles. The Morgan fingerprint density at radius 3 is 1.92 bits per heavy atom. The normalized spacial score (nSPS) is 10.7. The molecule has 0 saturated carbocycles. The van der Waals surface area contributed by atoms with Crippen molar-refractivity contribution in [2.75, 3.05) is 29.4 Å². The van der Waals surface area contributed by atoms with Gasteiger partial charge < -0.3 is 14.3 Å². The topological polar surface area (TPSA) is 45.4 Å². The minimum atomic E-state index is 0.614. The van der Waals surface area contributed by atoms with E-state index in [1.807, 2.05) is 13.0 Å². The highest BCUT2D eigenvalue weighted by Gasteiger charge is 2.14. The van der Waals surface area contributed by atoms with Crippen LogP contribution in [0.4, 0.5) is 11.4 Å². The van der Waals surface area contributed by atoms with Gasteiger partial charge in [-0.25, -0.2) is 0 Å². The number of hydrogen-bond acceptors (Lipinski definition) is 5. The fourth-order valence-electron chi connectivity index (χ4n) is 2.95. The molecule has 5 nitrogen and oxygen atoms in total. The third-order valence-corrected chi connectivity index (χ3v) is 4.42. The second-order valence-electron chi connectivity index (χ2n) is 6.13. The molecular formula is C21H26N4O. The van der Waals surface area contributed by atoms with Crippen molar-refractivity contribution in [2.24, 2.45) is 0 Å². The van der Waals surface area contributed by atoms with Crippen molar-refractivity contribution in [2.45, 2.75) is 26.8 Å². The highest BCUT2D eigenvalue weighted by Crippen LogP contribution is 2.18. The predicted octanol–water partition coefficient (Wildman–Crippen LogP) is 4.17. The maximum atomic E-state index is 5.41. The van der Waals surface area contributed by atoms with Crippen LogP contribution >= 0.6 is 0 Å². The van der Waals surface area contributed by atoms with Crippen LogP contribution in [-0.4, -0.2) is 29.8 Å². The molecule has 0 spiro atoms. The van der Waals surface area contributed by atoms with Crippen LogP contribution in [0.5, 0.6) is 0 Å². The van der Waals surface area contributed by atoms with Crippen molar-refractivity contribution in [3.05, 3.63) is 72.4 Å². The van der Waals surface area contributed by atoms with Crippen LogP contribution in [0.25, 0.3) is 0 Å². The molecule has 5 heteroatoms. The zero-order chi connectivity index (χ0) is 18.2. The molecule has 0 N–H and O–H groups in total. The van der Waals surface area contributed by atoms with E-state index in [9.17, 15) is 0 Å². The summed E-state index contributed by atoms with van der Waals surface area (Å²) in [6.45, 7) is 7.59. The molecule has 0 fully saturated rings. The van der Waals surface area contributed by atoms with Crippen LogP contribution in [0.1, 0.15) is 25.6 Å². The van der Waals surface area contributed by atoms with E-state index in [-0.39, 0.29) is 0 Å². The lowest BCUT2D eigenvalue weighted by Gasteiger charge is -2.29. The van der Waals surface area contributed by atoms with Gasteiger partial charge in [-0.05, 0) is 31.2 Å². The largest absolute Gasteiger partial charge is 0.370 e. The second-order valence-corrected chi connectivity index (χ2v) is 6.13. The Morgan fingerprint density at radius 1 is 0.808 bits per heavy atom. The Balaban J connectivity index is 1.73. The summed E-state index contributed by atoms with van der Waals surface area (Å²) in [6, 6.07) is 20.9. The molecule has 0 bridgehead atoms. The average Bonchev–Trinajstić information content (AvgIpc) is 3.17. The summed E-state index contributed by atoms with van der Waals surface area (Å²) < 4.78 is 5.41. The molecule has 3 rings (SSSR count). The zero-order valence-electron chi connectivity index (χ0n) is 15.5. The maximum Gasteiger partial charge on any atom is 0.246 e. The summed E-state index contributed by atoms with van der Waals surface area (Å²) in [7, 11) is 0. The third kappa shape index (κ3) is 4.63. The van der Waals surface area contributed by atoms with Gasteiger partial charge in [0, 0.05) is 37.4 Å². The molecule has 26 heavy (non-hydrogen) atoms. The van der Waals surface area contributed by atoms with E-state index < -0.39 is 0 Å². The molecule has 0 amide bonds. The summed E-state index contributed by atoms with van der Waals surface area (Å²) in [4.78, 5) is 9.13. The summed E-state index contributed by atoms with van der Waals surface area (Å²) in [5, 5.41) is 4.02. The summed E-state index contributed by atoms with van der Waals surface area (Å²) in [5.41, 5.74) is 2.40. The fraction of sp³-hybridized carbons (Fsp3) is 0.333. The molecule has 3 aromatic rings. The number of aromatic nitrogens is 2. The molecule has 0 aliphatic carbocycles. The lowest BCUT2D eigenvalue weighted by Crippen LogP contribution is -2.35. The Labute approximate surface area is 155 Å². The van der Waals surface area contributed by atoms with Gasteiger partial charge in [0.1, 0.15) is 0 Å². The van der Waals surface area contributed by atoms with Gasteiger partial charge in [0.25, 0.3) is 0 Å². The molecule has 1 aromatic heterocycles. The van der Waals surface area contributed by atoms with Gasteiger partial charge >= 0.3 is 0 Å². The average molecular weight is 350 g/mol. The van der Waals surface area contributed by atoms with Crippen molar-refractivity contribution < 1.29 is 4.52 Å². The van der Waals surface area contributed by atoms with Gasteiger partial charge in [-0.1, -0.05) is 48.5 Å². The van der Waals surface area contributed by atoms with Crippen molar-refractivity contribution in [1.82, 2.24) is 10.1 Å². The number of aryl methyl sites for hydroxylation is 1. The van der Waals surface area contributed by atoms with Crippen LogP contribution in [0.3, 0.4) is 0 Å². The van der Waals surface area contributed by atoms with Gasteiger partial charge in [0.2, 0.25) is 5.89 Å². The molecule has 0 unspecified atom stereocenters. The minimum absolute atomic E-state index is 0.614. The lowest BCUT2D eigenvalue weighted by atomic mass is 10.2. The second kappa shape index (κ2) is 9.04. The predicted molar refractivity (Wildman–Crippen MR) is 105 cm³/mol. The van der Waals surface area contributed by atoms with Gasteiger partial charge in [-0.15, -0.1) is 0 Å². The van der Waals surface area contributed by atoms with E-state index in [1.54, 1.807) is 0 Å². The van der Waals surface area contributed by atoms with Gasteiger partial charge in [0.05, 0.1) is 6.54 Å². The van der Waals surface area contributed by atoms with E-state index in [4.69, 9.17) is 4.52 Å². The Morgan fingerprint density at radius 2 is 1.38 bits per heavy atom. The molecule has 136 valence electrons. The van der Waals surface area contributed by atoms with Gasteiger partial charge in [-0.2, -0.15) is 4.98 Å². The first kappa shape index (κ1) is 18.0. The molecular weight excluding hydrogens is 324 g/mol. The number of hydrogen-bond donors (Lipinski definition) is 0. The van der Waals surface area contributed by atoms with Crippen molar-refractivity contribution in [1.29, 1.82) is 0 Å². The lowest BCUT2D eigenvalue weighted by molar-refractivity contribution is 0.371. The van der Waals surface area contributed by atoms with Crippen molar-refractivity contribution in [3.8, 4) is 0 Å². The fourth-order valence-corrected chi connectivity index (χ4v) is 2.95. The van der Waals surface area contributed by atoms with E-state index in [0.29, 0.717) is 12.4 Å². The highest BCUT2D eigenvalue weighted by molar-refractivity contribution is 5.48. The van der Waals surface area contributed by atoms with Crippen LogP contribution in [0, 0.1) is 0 Å². The van der Waals surface area contributed by atoms with E-state index in [0.717, 1.165) is 37.6 Å². The Kier molecular flexibility index (Phi) is 6.25. The van der Waals surface area contributed by atoms with Crippen molar-refractivity contribution >= 4 is 11.4 Å². The van der Waals surface area contributed by atoms with E-state index >= 15 is 0 Å². The van der Waals surface area contributed by atoms with E-state index in [2.05, 4.69) is 81.5 Å². The summed E-state index contributed by atoms with van der Waals surface area (Å²) >= 11 is 0. The molecule has 2 aromatic carbocycles. The number of rotatable bonds is 9. The Hall–Kier alpha value is -2.82. The van der Waals surface area contributed by atoms with Crippen LogP contribution in [-0.2, 0) is 13.0 Å². The standard InChI is InChI=1S/C21H26N4O/c1-3-20-22-21(26-23-20)17-25(19-13-9-6-10-14-19)16-15-24(4-2)18-11-7-5-8-12-18/h5-14H,3-4,15-17H2,1-2H3. The molecule has 0 aliphatic rings. The molecule has 0 aliphatic heterocycles. The number of benzene rings is 2. The zero-order valence-corrected chi connectivity index (χ0v) is 15.5. The maximum absolute atomic E-state index is 5.41. The first-order chi connectivity index (χ1) is 12.8. The quantitative estimate of drug-likeness (QED) is 0.580. The number of para-hydroxylation sites is 2. The minimum Gasteiger partial charge on any atom is -0.370 e. The smallest absolute Gasteiger partial charge is 0.246 e. The van der Waals surface area contributed by atoms with Crippen molar-refractivity contribution in [3.63, 3.8) is 0 Å². The van der Waals surface area contributed by atoms with Crippen LogP contribution in [0.2, 0.25) is 0 Å². The molecule has 0 atom stereocenters. The third-order valence-electron chi connectivity index (χ3n) is 4.42. The van der Waals surface area contributed by atoms with Gasteiger partial charge in [-0.3, -0.25) is 0 Å². The molecule has 1 heterocycles.